The minimum Gasteiger partial charge on any atom is -0.493 e. The fraction of sp³-hybridized carbons (Fsp3) is 0.125. The summed E-state index contributed by atoms with van der Waals surface area (Å²) in [5.74, 6) is 0.906. The van der Waals surface area contributed by atoms with E-state index in [0.717, 1.165) is 28.9 Å². The van der Waals surface area contributed by atoms with E-state index in [-0.39, 0.29) is 0 Å². The Morgan fingerprint density at radius 1 is 1.20 bits per heavy atom. The summed E-state index contributed by atoms with van der Waals surface area (Å²) >= 11 is 0. The highest BCUT2D eigenvalue weighted by molar-refractivity contribution is 5.96. The Labute approximate surface area is 117 Å². The fourth-order valence-electron chi connectivity index (χ4n) is 2.30. The van der Waals surface area contributed by atoms with Crippen molar-refractivity contribution in [1.82, 2.24) is 4.98 Å². The number of hydrogen-bond acceptors (Lipinski definition) is 4. The molecule has 0 bridgehead atoms. The van der Waals surface area contributed by atoms with Crippen LogP contribution in [0.5, 0.6) is 5.75 Å². The van der Waals surface area contributed by atoms with E-state index in [1.807, 2.05) is 18.2 Å². The molecular weight excluding hydrogens is 250 g/mol. The van der Waals surface area contributed by atoms with Crippen LogP contribution in [0.2, 0.25) is 0 Å². The topological polar surface area (TPSA) is 71.9 Å². The van der Waals surface area contributed by atoms with Gasteiger partial charge in [-0.3, -0.25) is 4.98 Å². The lowest BCUT2D eigenvalue weighted by Crippen LogP contribution is -2.01. The number of allylic oxidation sites excluding steroid dienone is 1. The molecule has 0 saturated carbocycles. The van der Waals surface area contributed by atoms with Gasteiger partial charge in [0.1, 0.15) is 11.8 Å². The van der Waals surface area contributed by atoms with Gasteiger partial charge in [0.25, 0.3) is 0 Å². The number of hydrogen-bond donors (Lipinski definition) is 1. The van der Waals surface area contributed by atoms with E-state index in [0.29, 0.717) is 17.9 Å². The molecule has 1 aromatic carbocycles. The van der Waals surface area contributed by atoms with E-state index in [1.165, 1.54) is 0 Å². The number of aromatic nitrogens is 1. The smallest absolute Gasteiger partial charge is 0.122 e. The molecule has 0 aliphatic carbocycles. The van der Waals surface area contributed by atoms with Crippen LogP contribution < -0.4 is 10.5 Å². The summed E-state index contributed by atoms with van der Waals surface area (Å²) < 4.78 is 5.47. The molecule has 2 N–H and O–H groups in total. The van der Waals surface area contributed by atoms with Crippen molar-refractivity contribution in [3.63, 3.8) is 0 Å². The normalized spacial score (nSPS) is 13.9. The second kappa shape index (κ2) is 5.06. The van der Waals surface area contributed by atoms with Gasteiger partial charge in [-0.25, -0.2) is 0 Å². The molecule has 0 unspecified atom stereocenters. The zero-order valence-corrected chi connectivity index (χ0v) is 10.8. The van der Waals surface area contributed by atoms with E-state index in [9.17, 15) is 5.26 Å². The lowest BCUT2D eigenvalue weighted by atomic mass is 10.00. The van der Waals surface area contributed by atoms with E-state index in [2.05, 4.69) is 11.1 Å². The van der Waals surface area contributed by atoms with Gasteiger partial charge in [0, 0.05) is 18.8 Å². The minimum absolute atomic E-state index is 0.464. The first-order chi connectivity index (χ1) is 9.79. The van der Waals surface area contributed by atoms with E-state index >= 15 is 0 Å². The van der Waals surface area contributed by atoms with E-state index < -0.39 is 0 Å². The monoisotopic (exact) mass is 263 g/mol. The largest absolute Gasteiger partial charge is 0.493 e. The SMILES string of the molecule is N#C/C(=C(/N)c1ccc2c(c1)CCO2)c1ccncc1. The number of benzene rings is 1. The fourth-order valence-corrected chi connectivity index (χ4v) is 2.30. The molecular formula is C16H13N3O. The standard InChI is InChI=1S/C16H13N3O/c17-10-14(11-3-6-19-7-4-11)16(18)13-1-2-15-12(9-13)5-8-20-15/h1-4,6-7,9H,5,8,18H2/b16-14-. The number of nitrogens with two attached hydrogens (primary N) is 1. The summed E-state index contributed by atoms with van der Waals surface area (Å²) in [6.45, 7) is 0.706. The predicted molar refractivity (Wildman–Crippen MR) is 76.5 cm³/mol. The summed E-state index contributed by atoms with van der Waals surface area (Å²) in [7, 11) is 0. The molecule has 0 amide bonds. The molecule has 0 spiro atoms. The maximum Gasteiger partial charge on any atom is 0.122 e. The first-order valence-electron chi connectivity index (χ1n) is 6.36. The predicted octanol–water partition coefficient (Wildman–Crippen LogP) is 2.37. The van der Waals surface area contributed by atoms with Gasteiger partial charge in [0.15, 0.2) is 0 Å². The molecule has 4 heteroatoms. The first-order valence-corrected chi connectivity index (χ1v) is 6.36. The molecule has 2 aromatic rings. The summed E-state index contributed by atoms with van der Waals surface area (Å²) in [4.78, 5) is 3.95. The van der Waals surface area contributed by atoms with E-state index in [1.54, 1.807) is 24.5 Å². The Morgan fingerprint density at radius 3 is 2.75 bits per heavy atom. The average molecular weight is 263 g/mol. The van der Waals surface area contributed by atoms with Crippen molar-refractivity contribution < 1.29 is 4.74 Å². The summed E-state index contributed by atoms with van der Waals surface area (Å²) in [5, 5.41) is 9.37. The van der Waals surface area contributed by atoms with Gasteiger partial charge < -0.3 is 10.5 Å². The molecule has 0 radical (unpaired) electrons. The van der Waals surface area contributed by atoms with Gasteiger partial charge in [-0.05, 0) is 47.0 Å². The zero-order valence-electron chi connectivity index (χ0n) is 10.8. The first kappa shape index (κ1) is 12.2. The van der Waals surface area contributed by atoms with Crippen molar-refractivity contribution in [2.45, 2.75) is 6.42 Å². The maximum atomic E-state index is 9.37. The minimum atomic E-state index is 0.464. The number of fused-ring (bicyclic) bond motifs is 1. The maximum absolute atomic E-state index is 9.37. The molecule has 1 aromatic heterocycles. The molecule has 0 atom stereocenters. The Hall–Kier alpha value is -2.80. The molecule has 1 aliphatic rings. The van der Waals surface area contributed by atoms with Crippen molar-refractivity contribution in [2.24, 2.45) is 5.73 Å². The summed E-state index contributed by atoms with van der Waals surface area (Å²) in [5.41, 5.74) is 9.88. The van der Waals surface area contributed by atoms with Gasteiger partial charge in [0.2, 0.25) is 0 Å². The second-order valence-corrected chi connectivity index (χ2v) is 4.56. The molecule has 3 rings (SSSR count). The number of ether oxygens (including phenoxy) is 1. The Kier molecular flexibility index (Phi) is 3.10. The molecule has 1 aliphatic heterocycles. The number of pyridine rings is 1. The van der Waals surface area contributed by atoms with Gasteiger partial charge in [-0.1, -0.05) is 0 Å². The zero-order chi connectivity index (χ0) is 13.9. The van der Waals surface area contributed by atoms with Crippen molar-refractivity contribution in [2.75, 3.05) is 6.61 Å². The van der Waals surface area contributed by atoms with Gasteiger partial charge >= 0.3 is 0 Å². The van der Waals surface area contributed by atoms with Gasteiger partial charge in [-0.15, -0.1) is 0 Å². The van der Waals surface area contributed by atoms with Crippen LogP contribution in [0.25, 0.3) is 11.3 Å². The van der Waals surface area contributed by atoms with Crippen LogP contribution in [0.15, 0.2) is 42.7 Å². The lowest BCUT2D eigenvalue weighted by molar-refractivity contribution is 0.357. The van der Waals surface area contributed by atoms with Gasteiger partial charge in [0.05, 0.1) is 17.9 Å². The Bertz CT molecular complexity index is 714. The number of rotatable bonds is 2. The quantitative estimate of drug-likeness (QED) is 0.844. The summed E-state index contributed by atoms with van der Waals surface area (Å²) in [6.07, 6.45) is 4.18. The molecule has 0 saturated heterocycles. The van der Waals surface area contributed by atoms with Crippen molar-refractivity contribution in [1.29, 1.82) is 5.26 Å². The summed E-state index contributed by atoms with van der Waals surface area (Å²) in [6, 6.07) is 11.5. The van der Waals surface area contributed by atoms with Crippen LogP contribution in [0.1, 0.15) is 16.7 Å². The molecule has 98 valence electrons. The van der Waals surface area contributed by atoms with Crippen LogP contribution in [0.3, 0.4) is 0 Å². The Morgan fingerprint density at radius 2 is 2.00 bits per heavy atom. The van der Waals surface area contributed by atoms with Crippen molar-refractivity contribution in [3.05, 3.63) is 59.4 Å². The van der Waals surface area contributed by atoms with Crippen LogP contribution in [-0.2, 0) is 6.42 Å². The third kappa shape index (κ3) is 2.10. The van der Waals surface area contributed by atoms with Gasteiger partial charge in [-0.2, -0.15) is 5.26 Å². The number of nitriles is 1. The van der Waals surface area contributed by atoms with Crippen LogP contribution in [0, 0.1) is 11.3 Å². The van der Waals surface area contributed by atoms with Crippen LogP contribution in [0.4, 0.5) is 0 Å². The molecule has 2 heterocycles. The van der Waals surface area contributed by atoms with Crippen molar-refractivity contribution >= 4 is 11.3 Å². The van der Waals surface area contributed by atoms with E-state index in [4.69, 9.17) is 10.5 Å². The Balaban J connectivity index is 2.08. The molecule has 20 heavy (non-hydrogen) atoms. The van der Waals surface area contributed by atoms with Crippen LogP contribution in [-0.4, -0.2) is 11.6 Å². The molecule has 0 fully saturated rings. The molecule has 4 nitrogen and oxygen atoms in total. The lowest BCUT2D eigenvalue weighted by Gasteiger charge is -2.08. The third-order valence-electron chi connectivity index (χ3n) is 3.35. The third-order valence-corrected chi connectivity index (χ3v) is 3.35. The van der Waals surface area contributed by atoms with Crippen LogP contribution >= 0.6 is 0 Å². The number of nitrogens with zero attached hydrogens (tertiary/aromatic N) is 2. The highest BCUT2D eigenvalue weighted by Gasteiger charge is 2.14. The highest BCUT2D eigenvalue weighted by atomic mass is 16.5. The second-order valence-electron chi connectivity index (χ2n) is 4.56. The van der Waals surface area contributed by atoms with Crippen molar-refractivity contribution in [3.8, 4) is 11.8 Å². The highest BCUT2D eigenvalue weighted by Crippen LogP contribution is 2.29. The average Bonchev–Trinajstić information content (AvgIpc) is 2.96.